The standard InChI is InChI=1S/C11H15N2O6P/c14-10(15)5-9(6-11(16)17)13-20(18,19)7-8-1-3-12-4-2-8/h1-4,9H,5-7H2,(H,14,15)(H,16,17)(H2,13,18,19). The molecule has 0 spiro atoms. The maximum Gasteiger partial charge on any atom is 0.304 e. The molecule has 1 heterocycles. The number of carboxylic acids is 2. The predicted molar refractivity (Wildman–Crippen MR) is 69.2 cm³/mol. The van der Waals surface area contributed by atoms with E-state index in [2.05, 4.69) is 10.1 Å². The Hall–Kier alpha value is -1.76. The van der Waals surface area contributed by atoms with Crippen molar-refractivity contribution < 1.29 is 29.3 Å². The smallest absolute Gasteiger partial charge is 0.304 e. The first-order chi connectivity index (χ1) is 9.28. The molecule has 0 bridgehead atoms. The number of nitrogens with zero attached hydrogens (tertiary/aromatic N) is 1. The van der Waals surface area contributed by atoms with E-state index in [1.807, 2.05) is 0 Å². The highest BCUT2D eigenvalue weighted by molar-refractivity contribution is 7.55. The van der Waals surface area contributed by atoms with Gasteiger partial charge in [-0.3, -0.25) is 19.1 Å². The largest absolute Gasteiger partial charge is 0.481 e. The maximum atomic E-state index is 12.0. The fraction of sp³-hybridized carbons (Fsp3) is 0.364. The molecule has 0 aliphatic carbocycles. The molecule has 20 heavy (non-hydrogen) atoms. The van der Waals surface area contributed by atoms with Gasteiger partial charge < -0.3 is 15.1 Å². The molecule has 1 atom stereocenters. The molecule has 1 rings (SSSR count). The number of aromatic nitrogens is 1. The number of aliphatic carboxylic acids is 2. The molecule has 0 aromatic carbocycles. The maximum absolute atomic E-state index is 12.0. The van der Waals surface area contributed by atoms with Crippen molar-refractivity contribution in [2.75, 3.05) is 0 Å². The summed E-state index contributed by atoms with van der Waals surface area (Å²) < 4.78 is 12.0. The van der Waals surface area contributed by atoms with E-state index in [0.717, 1.165) is 0 Å². The van der Waals surface area contributed by atoms with Crippen LogP contribution in [0.4, 0.5) is 0 Å². The normalized spacial score (nSPS) is 13.9. The third-order valence-electron chi connectivity index (χ3n) is 2.37. The topological polar surface area (TPSA) is 137 Å². The quantitative estimate of drug-likeness (QED) is 0.514. The van der Waals surface area contributed by atoms with E-state index < -0.39 is 38.3 Å². The second kappa shape index (κ2) is 7.14. The number of carbonyl (C=O) groups is 2. The summed E-state index contributed by atoms with van der Waals surface area (Å²) in [6.07, 6.45) is 1.59. The SMILES string of the molecule is O=C(O)CC(CC(=O)O)NP(=O)(O)Cc1ccncc1. The van der Waals surface area contributed by atoms with Crippen molar-refractivity contribution in [1.29, 1.82) is 0 Å². The van der Waals surface area contributed by atoms with Crippen molar-refractivity contribution in [1.82, 2.24) is 10.1 Å². The molecular weight excluding hydrogens is 287 g/mol. The number of carboxylic acid groups (broad SMARTS) is 2. The Balaban J connectivity index is 2.72. The zero-order valence-corrected chi connectivity index (χ0v) is 11.4. The third kappa shape index (κ3) is 6.42. The van der Waals surface area contributed by atoms with Crippen molar-refractivity contribution in [3.63, 3.8) is 0 Å². The lowest BCUT2D eigenvalue weighted by molar-refractivity contribution is -0.139. The summed E-state index contributed by atoms with van der Waals surface area (Å²) in [5, 5.41) is 19.6. The molecule has 1 aromatic heterocycles. The molecule has 1 aromatic rings. The zero-order valence-electron chi connectivity index (χ0n) is 10.5. The van der Waals surface area contributed by atoms with Crippen molar-refractivity contribution in [2.45, 2.75) is 25.0 Å². The molecule has 8 nitrogen and oxygen atoms in total. The average Bonchev–Trinajstić information content (AvgIpc) is 2.26. The number of hydrogen-bond donors (Lipinski definition) is 4. The van der Waals surface area contributed by atoms with Crippen LogP contribution in [-0.4, -0.2) is 38.1 Å². The van der Waals surface area contributed by atoms with Gasteiger partial charge in [0.25, 0.3) is 7.52 Å². The van der Waals surface area contributed by atoms with E-state index in [4.69, 9.17) is 10.2 Å². The molecule has 0 aliphatic rings. The van der Waals surface area contributed by atoms with Gasteiger partial charge in [-0.1, -0.05) is 0 Å². The van der Waals surface area contributed by atoms with Gasteiger partial charge in [0.05, 0.1) is 19.0 Å². The Labute approximate surface area is 115 Å². The van der Waals surface area contributed by atoms with Crippen LogP contribution in [0.15, 0.2) is 24.5 Å². The molecule has 9 heteroatoms. The van der Waals surface area contributed by atoms with Gasteiger partial charge in [0.1, 0.15) is 0 Å². The zero-order chi connectivity index (χ0) is 15.2. The lowest BCUT2D eigenvalue weighted by Gasteiger charge is -2.19. The average molecular weight is 302 g/mol. The first-order valence-corrected chi connectivity index (χ1v) is 7.55. The second-order valence-electron chi connectivity index (χ2n) is 4.24. The number of rotatable bonds is 8. The Morgan fingerprint density at radius 3 is 2.15 bits per heavy atom. The monoisotopic (exact) mass is 302 g/mol. The molecule has 110 valence electrons. The fourth-order valence-corrected chi connectivity index (χ4v) is 3.20. The number of pyridine rings is 1. The molecule has 0 radical (unpaired) electrons. The van der Waals surface area contributed by atoms with Gasteiger partial charge >= 0.3 is 11.9 Å². The van der Waals surface area contributed by atoms with Crippen LogP contribution >= 0.6 is 7.52 Å². The highest BCUT2D eigenvalue weighted by Gasteiger charge is 2.26. The minimum Gasteiger partial charge on any atom is -0.481 e. The molecule has 0 amide bonds. The van der Waals surface area contributed by atoms with Gasteiger partial charge in [-0.05, 0) is 17.7 Å². The molecule has 4 N–H and O–H groups in total. The predicted octanol–water partition coefficient (Wildman–Crippen LogP) is 0.675. The molecule has 0 fully saturated rings. The molecule has 0 aliphatic heterocycles. The van der Waals surface area contributed by atoms with Gasteiger partial charge in [0.2, 0.25) is 0 Å². The second-order valence-corrected chi connectivity index (χ2v) is 6.21. The van der Waals surface area contributed by atoms with Crippen LogP contribution in [0.3, 0.4) is 0 Å². The van der Waals surface area contributed by atoms with E-state index in [9.17, 15) is 19.0 Å². The molecule has 0 saturated heterocycles. The van der Waals surface area contributed by atoms with Crippen molar-refractivity contribution in [2.24, 2.45) is 0 Å². The Morgan fingerprint density at radius 1 is 1.20 bits per heavy atom. The summed E-state index contributed by atoms with van der Waals surface area (Å²) in [5.74, 6) is -2.49. The minimum atomic E-state index is -3.89. The van der Waals surface area contributed by atoms with Crippen LogP contribution in [0, 0.1) is 0 Å². The highest BCUT2D eigenvalue weighted by Crippen LogP contribution is 2.40. The Bertz CT molecular complexity index is 505. The van der Waals surface area contributed by atoms with Crippen LogP contribution in [0.25, 0.3) is 0 Å². The third-order valence-corrected chi connectivity index (χ3v) is 3.93. The number of hydrogen-bond acceptors (Lipinski definition) is 4. The van der Waals surface area contributed by atoms with Gasteiger partial charge in [-0.2, -0.15) is 0 Å². The van der Waals surface area contributed by atoms with Crippen LogP contribution in [0.2, 0.25) is 0 Å². The summed E-state index contributed by atoms with van der Waals surface area (Å²) in [4.78, 5) is 34.8. The highest BCUT2D eigenvalue weighted by atomic mass is 31.2. The van der Waals surface area contributed by atoms with E-state index in [1.165, 1.54) is 12.4 Å². The van der Waals surface area contributed by atoms with E-state index in [-0.39, 0.29) is 6.16 Å². The van der Waals surface area contributed by atoms with Gasteiger partial charge in [-0.15, -0.1) is 0 Å². The van der Waals surface area contributed by atoms with Gasteiger partial charge in [0, 0.05) is 18.4 Å². The summed E-state index contributed by atoms with van der Waals surface area (Å²) in [6.45, 7) is 0. The first-order valence-electron chi connectivity index (χ1n) is 5.70. The van der Waals surface area contributed by atoms with Crippen LogP contribution in [0.5, 0.6) is 0 Å². The summed E-state index contributed by atoms with van der Waals surface area (Å²) in [6, 6.07) is 1.99. The number of nitrogens with one attached hydrogen (secondary N) is 1. The van der Waals surface area contributed by atoms with Crippen LogP contribution in [-0.2, 0) is 20.3 Å². The van der Waals surface area contributed by atoms with Crippen molar-refractivity contribution >= 4 is 19.5 Å². The van der Waals surface area contributed by atoms with E-state index in [0.29, 0.717) is 5.56 Å². The Kier molecular flexibility index (Phi) is 5.82. The molecular formula is C11H15N2O6P. The summed E-state index contributed by atoms with van der Waals surface area (Å²) in [7, 11) is -3.89. The van der Waals surface area contributed by atoms with Gasteiger partial charge in [0.15, 0.2) is 0 Å². The van der Waals surface area contributed by atoms with E-state index in [1.54, 1.807) is 12.1 Å². The molecule has 0 saturated carbocycles. The first kappa shape index (κ1) is 16.3. The lowest BCUT2D eigenvalue weighted by Crippen LogP contribution is -2.31. The lowest BCUT2D eigenvalue weighted by atomic mass is 10.1. The van der Waals surface area contributed by atoms with Crippen molar-refractivity contribution in [3.8, 4) is 0 Å². The Morgan fingerprint density at radius 2 is 1.70 bits per heavy atom. The van der Waals surface area contributed by atoms with Gasteiger partial charge in [-0.25, -0.2) is 5.09 Å². The van der Waals surface area contributed by atoms with E-state index >= 15 is 0 Å². The fourth-order valence-electron chi connectivity index (χ4n) is 1.65. The summed E-state index contributed by atoms with van der Waals surface area (Å²) >= 11 is 0. The molecule has 1 unspecified atom stereocenters. The summed E-state index contributed by atoms with van der Waals surface area (Å²) in [5.41, 5.74) is 0.544. The minimum absolute atomic E-state index is 0.231. The van der Waals surface area contributed by atoms with Crippen LogP contribution in [0.1, 0.15) is 18.4 Å². The van der Waals surface area contributed by atoms with Crippen molar-refractivity contribution in [3.05, 3.63) is 30.1 Å². The van der Waals surface area contributed by atoms with Crippen LogP contribution < -0.4 is 5.09 Å².